The van der Waals surface area contributed by atoms with Gasteiger partial charge in [-0.05, 0) is 25.2 Å². The fourth-order valence-electron chi connectivity index (χ4n) is 2.34. The predicted molar refractivity (Wildman–Crippen MR) is 73.1 cm³/mol. The highest BCUT2D eigenvalue weighted by molar-refractivity contribution is 7.13. The van der Waals surface area contributed by atoms with Crippen molar-refractivity contribution in [3.05, 3.63) is 11.1 Å². The van der Waals surface area contributed by atoms with Gasteiger partial charge in [0.15, 0.2) is 10.8 Å². The van der Waals surface area contributed by atoms with Crippen LogP contribution >= 0.6 is 11.3 Å². The molecular weight excluding hydrogens is 248 g/mol. The van der Waals surface area contributed by atoms with Crippen LogP contribution in [-0.2, 0) is 4.74 Å². The lowest BCUT2D eigenvalue weighted by Gasteiger charge is -2.15. The first kappa shape index (κ1) is 13.3. The van der Waals surface area contributed by atoms with Gasteiger partial charge in [0.1, 0.15) is 0 Å². The third-order valence-electron chi connectivity index (χ3n) is 3.48. The van der Waals surface area contributed by atoms with Crippen molar-refractivity contribution in [3.8, 4) is 0 Å². The molecular formula is C13H20N2O2S. The second kappa shape index (κ2) is 6.18. The average Bonchev–Trinajstić information content (AvgIpc) is 2.73. The van der Waals surface area contributed by atoms with E-state index in [0.717, 1.165) is 11.0 Å². The van der Waals surface area contributed by atoms with Crippen molar-refractivity contribution in [2.75, 3.05) is 12.4 Å². The Labute approximate surface area is 112 Å². The molecule has 100 valence electrons. The van der Waals surface area contributed by atoms with E-state index in [4.69, 9.17) is 0 Å². The zero-order chi connectivity index (χ0) is 13.0. The number of thiazole rings is 1. The normalized spacial score (nSPS) is 24.3. The van der Waals surface area contributed by atoms with Crippen LogP contribution in [-0.4, -0.2) is 24.1 Å². The van der Waals surface area contributed by atoms with Crippen molar-refractivity contribution in [3.63, 3.8) is 0 Å². The third-order valence-corrected chi connectivity index (χ3v) is 4.26. The number of anilines is 1. The van der Waals surface area contributed by atoms with Crippen molar-refractivity contribution in [2.45, 2.75) is 45.1 Å². The SMILES string of the molecule is COC(=O)c1csc(NC2CCCC(C)CC2)n1. The lowest BCUT2D eigenvalue weighted by atomic mass is 10.0. The molecule has 0 saturated heterocycles. The van der Waals surface area contributed by atoms with Crippen molar-refractivity contribution < 1.29 is 9.53 Å². The summed E-state index contributed by atoms with van der Waals surface area (Å²) in [7, 11) is 1.38. The first-order valence-corrected chi connectivity index (χ1v) is 7.37. The molecule has 0 radical (unpaired) electrons. The maximum absolute atomic E-state index is 11.3. The van der Waals surface area contributed by atoms with E-state index in [-0.39, 0.29) is 5.97 Å². The molecule has 1 fully saturated rings. The predicted octanol–water partition coefficient (Wildman–Crippen LogP) is 3.31. The molecule has 2 rings (SSSR count). The molecule has 4 nitrogen and oxygen atoms in total. The molecule has 1 aliphatic rings. The molecule has 1 saturated carbocycles. The van der Waals surface area contributed by atoms with Crippen LogP contribution in [0.25, 0.3) is 0 Å². The molecule has 0 aromatic carbocycles. The molecule has 18 heavy (non-hydrogen) atoms. The minimum absolute atomic E-state index is 0.367. The van der Waals surface area contributed by atoms with E-state index in [2.05, 4.69) is 22.0 Å². The van der Waals surface area contributed by atoms with Crippen LogP contribution < -0.4 is 5.32 Å². The number of nitrogens with zero attached hydrogens (tertiary/aromatic N) is 1. The molecule has 0 spiro atoms. The highest BCUT2D eigenvalue weighted by atomic mass is 32.1. The molecule has 1 heterocycles. The van der Waals surface area contributed by atoms with Gasteiger partial charge in [0.05, 0.1) is 7.11 Å². The minimum Gasteiger partial charge on any atom is -0.464 e. The smallest absolute Gasteiger partial charge is 0.357 e. The molecule has 2 atom stereocenters. The largest absolute Gasteiger partial charge is 0.464 e. The lowest BCUT2D eigenvalue weighted by Crippen LogP contribution is -2.18. The monoisotopic (exact) mass is 268 g/mol. The Balaban J connectivity index is 1.92. The Hall–Kier alpha value is -1.10. The fourth-order valence-corrected chi connectivity index (χ4v) is 3.10. The molecule has 0 bridgehead atoms. The second-order valence-electron chi connectivity index (χ2n) is 4.98. The second-order valence-corrected chi connectivity index (χ2v) is 5.84. The molecule has 0 aliphatic heterocycles. The van der Waals surface area contributed by atoms with Crippen molar-refractivity contribution >= 4 is 22.4 Å². The van der Waals surface area contributed by atoms with Gasteiger partial charge in [-0.15, -0.1) is 11.3 Å². The van der Waals surface area contributed by atoms with Gasteiger partial charge in [0, 0.05) is 11.4 Å². The summed E-state index contributed by atoms with van der Waals surface area (Å²) < 4.78 is 4.65. The quantitative estimate of drug-likeness (QED) is 0.675. The first-order chi connectivity index (χ1) is 8.69. The molecule has 1 aliphatic carbocycles. The average molecular weight is 268 g/mol. The molecule has 0 amide bonds. The molecule has 1 aromatic rings. The summed E-state index contributed by atoms with van der Waals surface area (Å²) in [5.74, 6) is 0.465. The summed E-state index contributed by atoms with van der Waals surface area (Å²) in [6.07, 6.45) is 6.25. The summed E-state index contributed by atoms with van der Waals surface area (Å²) in [5.41, 5.74) is 0.395. The lowest BCUT2D eigenvalue weighted by molar-refractivity contribution is 0.0595. The number of carbonyl (C=O) groups excluding carboxylic acids is 1. The Morgan fingerprint density at radius 3 is 3.06 bits per heavy atom. The van der Waals surface area contributed by atoms with E-state index in [1.165, 1.54) is 50.6 Å². The fraction of sp³-hybridized carbons (Fsp3) is 0.692. The van der Waals surface area contributed by atoms with Gasteiger partial charge >= 0.3 is 5.97 Å². The van der Waals surface area contributed by atoms with Gasteiger partial charge in [-0.1, -0.05) is 19.8 Å². The van der Waals surface area contributed by atoms with Crippen LogP contribution in [0.15, 0.2) is 5.38 Å². The van der Waals surface area contributed by atoms with Crippen LogP contribution in [0.3, 0.4) is 0 Å². The summed E-state index contributed by atoms with van der Waals surface area (Å²) >= 11 is 1.47. The number of hydrogen-bond acceptors (Lipinski definition) is 5. The minimum atomic E-state index is -0.367. The standard InChI is InChI=1S/C13H20N2O2S/c1-9-4-3-5-10(7-6-9)14-13-15-11(8-18-13)12(16)17-2/h8-10H,3-7H2,1-2H3,(H,14,15). The summed E-state index contributed by atoms with van der Waals surface area (Å²) in [5, 5.41) is 6.01. The Kier molecular flexibility index (Phi) is 4.58. The number of hydrogen-bond donors (Lipinski definition) is 1. The van der Waals surface area contributed by atoms with Crippen molar-refractivity contribution in [1.82, 2.24) is 4.98 Å². The number of esters is 1. The van der Waals surface area contributed by atoms with E-state index in [0.29, 0.717) is 11.7 Å². The summed E-state index contributed by atoms with van der Waals surface area (Å²) in [4.78, 5) is 15.6. The van der Waals surface area contributed by atoms with Crippen LogP contribution in [0.4, 0.5) is 5.13 Å². The number of rotatable bonds is 3. The van der Waals surface area contributed by atoms with Gasteiger partial charge in [-0.2, -0.15) is 0 Å². The van der Waals surface area contributed by atoms with E-state index >= 15 is 0 Å². The third kappa shape index (κ3) is 3.45. The number of carbonyl (C=O) groups is 1. The Bertz CT molecular complexity index is 405. The van der Waals surface area contributed by atoms with Gasteiger partial charge in [-0.3, -0.25) is 0 Å². The highest BCUT2D eigenvalue weighted by Gasteiger charge is 2.18. The number of methoxy groups -OCH3 is 1. The number of ether oxygens (including phenoxy) is 1. The van der Waals surface area contributed by atoms with Gasteiger partial charge in [-0.25, -0.2) is 9.78 Å². The Morgan fingerprint density at radius 1 is 1.44 bits per heavy atom. The van der Waals surface area contributed by atoms with Crippen LogP contribution in [0.1, 0.15) is 49.5 Å². The van der Waals surface area contributed by atoms with Crippen LogP contribution in [0.2, 0.25) is 0 Å². The maximum Gasteiger partial charge on any atom is 0.357 e. The van der Waals surface area contributed by atoms with Gasteiger partial charge in [0.2, 0.25) is 0 Å². The molecule has 2 unspecified atom stereocenters. The summed E-state index contributed by atoms with van der Waals surface area (Å²) in [6.45, 7) is 2.32. The van der Waals surface area contributed by atoms with Crippen LogP contribution in [0, 0.1) is 5.92 Å². The summed E-state index contributed by atoms with van der Waals surface area (Å²) in [6, 6.07) is 0.492. The zero-order valence-corrected chi connectivity index (χ0v) is 11.8. The number of aromatic nitrogens is 1. The van der Waals surface area contributed by atoms with Gasteiger partial charge < -0.3 is 10.1 Å². The van der Waals surface area contributed by atoms with E-state index in [1.54, 1.807) is 5.38 Å². The molecule has 1 N–H and O–H groups in total. The topological polar surface area (TPSA) is 51.2 Å². The van der Waals surface area contributed by atoms with E-state index in [9.17, 15) is 4.79 Å². The number of nitrogens with one attached hydrogen (secondary N) is 1. The highest BCUT2D eigenvalue weighted by Crippen LogP contribution is 2.26. The van der Waals surface area contributed by atoms with E-state index in [1.807, 2.05) is 0 Å². The van der Waals surface area contributed by atoms with Crippen LogP contribution in [0.5, 0.6) is 0 Å². The van der Waals surface area contributed by atoms with Crippen molar-refractivity contribution in [1.29, 1.82) is 0 Å². The zero-order valence-electron chi connectivity index (χ0n) is 10.9. The first-order valence-electron chi connectivity index (χ1n) is 6.49. The molecule has 5 heteroatoms. The van der Waals surface area contributed by atoms with E-state index < -0.39 is 0 Å². The van der Waals surface area contributed by atoms with Gasteiger partial charge in [0.25, 0.3) is 0 Å². The molecule has 1 aromatic heterocycles. The Morgan fingerprint density at radius 2 is 2.28 bits per heavy atom. The van der Waals surface area contributed by atoms with Crippen molar-refractivity contribution in [2.24, 2.45) is 5.92 Å². The maximum atomic E-state index is 11.3.